The maximum atomic E-state index is 5.99. The van der Waals surface area contributed by atoms with E-state index >= 15 is 0 Å². The van der Waals surface area contributed by atoms with Gasteiger partial charge in [0.25, 0.3) is 0 Å². The molecule has 2 heterocycles. The second-order valence-corrected chi connectivity index (χ2v) is 5.28. The minimum atomic E-state index is 0.306. The number of nitrogens with zero attached hydrogens (tertiary/aromatic N) is 3. The Hall–Kier alpha value is -0.870. The molecule has 0 bridgehead atoms. The normalized spacial score (nSPS) is 28.2. The van der Waals surface area contributed by atoms with Gasteiger partial charge in [-0.15, -0.1) is 0 Å². The predicted molar refractivity (Wildman–Crippen MR) is 69.6 cm³/mol. The van der Waals surface area contributed by atoms with Crippen molar-refractivity contribution in [3.05, 3.63) is 18.2 Å². The number of aryl methyl sites for hydroxylation is 1. The van der Waals surface area contributed by atoms with Crippen LogP contribution in [-0.4, -0.2) is 33.6 Å². The van der Waals surface area contributed by atoms with Crippen LogP contribution in [0.5, 0.6) is 0 Å². The summed E-state index contributed by atoms with van der Waals surface area (Å²) < 4.78 is 2.09. The molecule has 0 saturated carbocycles. The maximum Gasteiger partial charge on any atom is 0.0946 e. The Morgan fingerprint density at radius 2 is 2.29 bits per heavy atom. The number of likely N-dealkylation sites (tertiary alicyclic amines) is 1. The highest BCUT2D eigenvalue weighted by molar-refractivity contribution is 5.07. The Labute approximate surface area is 104 Å². The summed E-state index contributed by atoms with van der Waals surface area (Å²) in [4.78, 5) is 6.76. The summed E-state index contributed by atoms with van der Waals surface area (Å²) in [5, 5.41) is 0. The number of rotatable bonds is 3. The molecule has 2 N–H and O–H groups in total. The zero-order valence-corrected chi connectivity index (χ0v) is 11.1. The fourth-order valence-corrected chi connectivity index (χ4v) is 2.92. The van der Waals surface area contributed by atoms with Crippen LogP contribution in [0.25, 0.3) is 0 Å². The van der Waals surface area contributed by atoms with Gasteiger partial charge >= 0.3 is 0 Å². The summed E-state index contributed by atoms with van der Waals surface area (Å²) in [7, 11) is 2.04. The minimum Gasteiger partial charge on any atom is -0.336 e. The molecule has 0 spiro atoms. The van der Waals surface area contributed by atoms with Crippen molar-refractivity contribution in [3.63, 3.8) is 0 Å². The largest absolute Gasteiger partial charge is 0.336 e. The number of hydrogen-bond acceptors (Lipinski definition) is 3. The second-order valence-electron chi connectivity index (χ2n) is 5.28. The van der Waals surface area contributed by atoms with E-state index in [9.17, 15) is 0 Å². The van der Waals surface area contributed by atoms with Crippen molar-refractivity contribution in [2.24, 2.45) is 18.7 Å². The predicted octanol–water partition coefficient (Wildman–Crippen LogP) is 1.54. The molecule has 3 atom stereocenters. The molecule has 0 radical (unpaired) electrons. The fourth-order valence-electron chi connectivity index (χ4n) is 2.92. The molecular formula is C13H24N4. The summed E-state index contributed by atoms with van der Waals surface area (Å²) in [6, 6.07) is 0.910. The van der Waals surface area contributed by atoms with Gasteiger partial charge in [0.15, 0.2) is 0 Å². The SMILES string of the molecule is CC1CCCN(C(CN)c2cncn2C)C1C. The third kappa shape index (κ3) is 2.38. The topological polar surface area (TPSA) is 47.1 Å². The van der Waals surface area contributed by atoms with Gasteiger partial charge in [0.05, 0.1) is 18.1 Å². The van der Waals surface area contributed by atoms with E-state index in [-0.39, 0.29) is 0 Å². The number of piperidine rings is 1. The second kappa shape index (κ2) is 5.19. The lowest BCUT2D eigenvalue weighted by Gasteiger charge is -2.42. The average molecular weight is 236 g/mol. The Bertz CT molecular complexity index is 360. The zero-order valence-electron chi connectivity index (χ0n) is 11.1. The molecule has 1 aromatic rings. The lowest BCUT2D eigenvalue weighted by Crippen LogP contribution is -2.47. The summed E-state index contributed by atoms with van der Waals surface area (Å²) in [6.45, 7) is 6.48. The Kier molecular flexibility index (Phi) is 3.84. The molecule has 1 fully saturated rings. The van der Waals surface area contributed by atoms with Gasteiger partial charge in [-0.2, -0.15) is 0 Å². The van der Waals surface area contributed by atoms with E-state index < -0.39 is 0 Å². The molecule has 4 nitrogen and oxygen atoms in total. The number of hydrogen-bond donors (Lipinski definition) is 1. The van der Waals surface area contributed by atoms with Gasteiger partial charge in [-0.1, -0.05) is 6.92 Å². The molecule has 17 heavy (non-hydrogen) atoms. The van der Waals surface area contributed by atoms with Crippen molar-refractivity contribution in [2.75, 3.05) is 13.1 Å². The number of nitrogens with two attached hydrogens (primary N) is 1. The van der Waals surface area contributed by atoms with Crippen LogP contribution in [0.3, 0.4) is 0 Å². The number of aromatic nitrogens is 2. The van der Waals surface area contributed by atoms with Gasteiger partial charge in [0.1, 0.15) is 0 Å². The van der Waals surface area contributed by atoms with Crippen LogP contribution in [0, 0.1) is 5.92 Å². The summed E-state index contributed by atoms with van der Waals surface area (Å²) in [6.07, 6.45) is 6.42. The van der Waals surface area contributed by atoms with Gasteiger partial charge in [-0.25, -0.2) is 4.98 Å². The third-order valence-corrected chi connectivity index (χ3v) is 4.24. The van der Waals surface area contributed by atoms with E-state index in [4.69, 9.17) is 5.73 Å². The van der Waals surface area contributed by atoms with Crippen LogP contribution in [-0.2, 0) is 7.05 Å². The van der Waals surface area contributed by atoms with Gasteiger partial charge in [-0.3, -0.25) is 4.90 Å². The molecule has 1 aliphatic rings. The molecular weight excluding hydrogens is 212 g/mol. The smallest absolute Gasteiger partial charge is 0.0946 e. The van der Waals surface area contributed by atoms with Gasteiger partial charge in [-0.05, 0) is 32.2 Å². The highest BCUT2D eigenvalue weighted by atomic mass is 15.2. The Balaban J connectivity index is 2.21. The monoisotopic (exact) mass is 236 g/mol. The lowest BCUT2D eigenvalue weighted by molar-refractivity contribution is 0.0680. The van der Waals surface area contributed by atoms with Crippen molar-refractivity contribution < 1.29 is 0 Å². The van der Waals surface area contributed by atoms with Crippen LogP contribution in [0.4, 0.5) is 0 Å². The summed E-state index contributed by atoms with van der Waals surface area (Å²) in [5.41, 5.74) is 7.22. The van der Waals surface area contributed by atoms with Crippen molar-refractivity contribution >= 4 is 0 Å². The van der Waals surface area contributed by atoms with Crippen molar-refractivity contribution in [2.45, 2.75) is 38.8 Å². The summed E-state index contributed by atoms with van der Waals surface area (Å²) >= 11 is 0. The van der Waals surface area contributed by atoms with Gasteiger partial charge in [0.2, 0.25) is 0 Å². The first kappa shape index (κ1) is 12.6. The molecule has 2 rings (SSSR count). The Morgan fingerprint density at radius 1 is 1.53 bits per heavy atom. The molecule has 1 saturated heterocycles. The van der Waals surface area contributed by atoms with E-state index in [1.165, 1.54) is 18.5 Å². The van der Waals surface area contributed by atoms with Crippen LogP contribution < -0.4 is 5.73 Å². The van der Waals surface area contributed by atoms with Crippen molar-refractivity contribution in [3.8, 4) is 0 Å². The van der Waals surface area contributed by atoms with E-state index in [1.54, 1.807) is 0 Å². The molecule has 1 aliphatic heterocycles. The summed E-state index contributed by atoms with van der Waals surface area (Å²) in [5.74, 6) is 0.756. The zero-order chi connectivity index (χ0) is 12.4. The molecule has 0 aliphatic carbocycles. The van der Waals surface area contributed by atoms with E-state index in [0.717, 1.165) is 12.5 Å². The average Bonchev–Trinajstić information content (AvgIpc) is 2.72. The van der Waals surface area contributed by atoms with Gasteiger partial charge in [0, 0.05) is 25.8 Å². The third-order valence-electron chi connectivity index (χ3n) is 4.24. The van der Waals surface area contributed by atoms with Crippen molar-refractivity contribution in [1.82, 2.24) is 14.5 Å². The highest BCUT2D eigenvalue weighted by Gasteiger charge is 2.31. The molecule has 0 aromatic carbocycles. The Morgan fingerprint density at radius 3 is 2.88 bits per heavy atom. The van der Waals surface area contributed by atoms with Crippen LogP contribution >= 0.6 is 0 Å². The fraction of sp³-hybridized carbons (Fsp3) is 0.769. The molecule has 4 heteroatoms. The van der Waals surface area contributed by atoms with E-state index in [2.05, 4.69) is 28.3 Å². The van der Waals surface area contributed by atoms with Crippen LogP contribution in [0.15, 0.2) is 12.5 Å². The van der Waals surface area contributed by atoms with E-state index in [1.807, 2.05) is 19.6 Å². The minimum absolute atomic E-state index is 0.306. The highest BCUT2D eigenvalue weighted by Crippen LogP contribution is 2.30. The molecule has 0 amide bonds. The number of imidazole rings is 1. The van der Waals surface area contributed by atoms with Crippen LogP contribution in [0.1, 0.15) is 38.4 Å². The molecule has 3 unspecified atom stereocenters. The first-order valence-electron chi connectivity index (χ1n) is 6.57. The molecule has 1 aromatic heterocycles. The standard InChI is InChI=1S/C13H24N4/c1-10-5-4-6-17(11(10)2)12(7-14)13-8-15-9-16(13)3/h8-12H,4-7,14H2,1-3H3. The quantitative estimate of drug-likeness (QED) is 0.866. The first-order valence-corrected chi connectivity index (χ1v) is 6.57. The maximum absolute atomic E-state index is 5.99. The van der Waals surface area contributed by atoms with Crippen LogP contribution in [0.2, 0.25) is 0 Å². The van der Waals surface area contributed by atoms with Crippen molar-refractivity contribution in [1.29, 1.82) is 0 Å². The van der Waals surface area contributed by atoms with E-state index in [0.29, 0.717) is 18.6 Å². The first-order chi connectivity index (χ1) is 8.15. The lowest BCUT2D eigenvalue weighted by atomic mass is 9.90. The molecule has 96 valence electrons. The van der Waals surface area contributed by atoms with Gasteiger partial charge < -0.3 is 10.3 Å².